The van der Waals surface area contributed by atoms with Gasteiger partial charge in [-0.25, -0.2) is 0 Å². The zero-order valence-corrected chi connectivity index (χ0v) is 43.9. The Labute approximate surface area is 458 Å². The fourth-order valence-electron chi connectivity index (χ4n) is 14.1. The van der Waals surface area contributed by atoms with Crippen molar-refractivity contribution in [2.24, 2.45) is 0 Å². The molecule has 1 aliphatic carbocycles. The van der Waals surface area contributed by atoms with Gasteiger partial charge in [-0.05, 0) is 123 Å². The zero-order chi connectivity index (χ0) is 52.3. The molecule has 16 rings (SSSR count). The number of rotatable bonds is 8. The average molecular weight is 1010 g/mol. The average Bonchev–Trinajstić information content (AvgIpc) is 4.34. The molecule has 1 aliphatic rings. The van der Waals surface area contributed by atoms with Crippen LogP contribution in [0.2, 0.25) is 0 Å². The number of hydrogen-bond donors (Lipinski definition) is 0. The van der Waals surface area contributed by atoms with E-state index in [2.05, 4.69) is 281 Å². The molecule has 372 valence electrons. The van der Waals surface area contributed by atoms with Crippen LogP contribution in [0.15, 0.2) is 276 Å². The molecule has 0 N–H and O–H groups in total. The van der Waals surface area contributed by atoms with Gasteiger partial charge in [-0.2, -0.15) is 0 Å². The van der Waals surface area contributed by atoms with Crippen LogP contribution in [0.4, 0.5) is 0 Å². The predicted octanol–water partition coefficient (Wildman–Crippen LogP) is 20.9. The molecule has 2 unspecified atom stereocenters. The second kappa shape index (κ2) is 17.6. The summed E-state index contributed by atoms with van der Waals surface area (Å²) in [6.45, 7) is 4.90. The summed E-state index contributed by atoms with van der Waals surface area (Å²) in [5, 5.41) is 12.2. The molecule has 0 radical (unpaired) electrons. The number of benzene rings is 13. The molecule has 79 heavy (non-hydrogen) atoms. The molecule has 2 atom stereocenters. The lowest BCUT2D eigenvalue weighted by Gasteiger charge is -2.26. The standard InChI is InChI=1S/C77H52O2/c1-77(2)73-59-34-12-10-30-55(59)65(51-26-18-28-53(44-51)71(48-23-7-4-8-24-48)64-38-20-36-62-57-32-14-16-40-69(57)79-76(62)64)46-67(73)72-58-33-11-9-29-54(58)66-45-50(41-42-60(66)74(72)77)49-25-17-27-52(43-49)70(47-21-5-3-6-22-47)63-37-19-35-61-56-31-13-15-39-68(56)78-75(61)63/h3-46,70-71H,1-2H3. The van der Waals surface area contributed by atoms with E-state index in [0.717, 1.165) is 55.0 Å². The molecular weight excluding hydrogens is 957 g/mol. The first kappa shape index (κ1) is 45.4. The normalized spacial score (nSPS) is 13.7. The number of hydrogen-bond acceptors (Lipinski definition) is 2. The highest BCUT2D eigenvalue weighted by Crippen LogP contribution is 2.58. The van der Waals surface area contributed by atoms with Crippen molar-refractivity contribution in [3.63, 3.8) is 0 Å². The summed E-state index contributed by atoms with van der Waals surface area (Å²) >= 11 is 0. The van der Waals surface area contributed by atoms with Crippen molar-refractivity contribution in [3.05, 3.63) is 311 Å². The maximum Gasteiger partial charge on any atom is 0.139 e. The molecule has 13 aromatic carbocycles. The van der Waals surface area contributed by atoms with E-state index in [1.165, 1.54) is 99.1 Å². The van der Waals surface area contributed by atoms with Crippen LogP contribution in [0, 0.1) is 0 Å². The van der Waals surface area contributed by atoms with Crippen molar-refractivity contribution in [3.8, 4) is 33.4 Å². The molecule has 0 fully saturated rings. The van der Waals surface area contributed by atoms with Crippen LogP contribution >= 0.6 is 0 Å². The molecular formula is C77H52O2. The lowest BCUT2D eigenvalue weighted by atomic mass is 9.77. The van der Waals surface area contributed by atoms with Crippen LogP contribution in [0.3, 0.4) is 0 Å². The minimum Gasteiger partial charge on any atom is -0.456 e. The summed E-state index contributed by atoms with van der Waals surface area (Å²) in [6, 6.07) is 98.3. The van der Waals surface area contributed by atoms with E-state index in [4.69, 9.17) is 8.83 Å². The van der Waals surface area contributed by atoms with Gasteiger partial charge in [0.25, 0.3) is 0 Å². The first-order chi connectivity index (χ1) is 39.0. The Balaban J connectivity index is 0.853. The van der Waals surface area contributed by atoms with Gasteiger partial charge in [-0.15, -0.1) is 0 Å². The van der Waals surface area contributed by atoms with Crippen LogP contribution < -0.4 is 0 Å². The van der Waals surface area contributed by atoms with Crippen molar-refractivity contribution >= 4 is 76.2 Å². The van der Waals surface area contributed by atoms with Gasteiger partial charge in [-0.1, -0.05) is 257 Å². The molecule has 2 heterocycles. The second-order valence-electron chi connectivity index (χ2n) is 22.2. The van der Waals surface area contributed by atoms with Crippen LogP contribution in [0.5, 0.6) is 0 Å². The van der Waals surface area contributed by atoms with Gasteiger partial charge >= 0.3 is 0 Å². The summed E-state index contributed by atoms with van der Waals surface area (Å²) in [5.74, 6) is -0.101. The molecule has 0 spiro atoms. The summed E-state index contributed by atoms with van der Waals surface area (Å²) in [4.78, 5) is 0. The third-order valence-corrected chi connectivity index (χ3v) is 17.4. The maximum atomic E-state index is 6.74. The van der Waals surface area contributed by atoms with Crippen molar-refractivity contribution < 1.29 is 8.83 Å². The van der Waals surface area contributed by atoms with Gasteiger partial charge in [-0.3, -0.25) is 0 Å². The van der Waals surface area contributed by atoms with Gasteiger partial charge < -0.3 is 8.83 Å². The van der Waals surface area contributed by atoms with Gasteiger partial charge in [0.1, 0.15) is 22.3 Å². The summed E-state index contributed by atoms with van der Waals surface area (Å²) < 4.78 is 13.4. The quantitative estimate of drug-likeness (QED) is 0.112. The van der Waals surface area contributed by atoms with Crippen LogP contribution in [-0.4, -0.2) is 0 Å². The van der Waals surface area contributed by atoms with E-state index in [9.17, 15) is 0 Å². The Morgan fingerprint density at radius 1 is 0.278 bits per heavy atom. The van der Waals surface area contributed by atoms with Gasteiger partial charge in [0, 0.05) is 49.9 Å². The topological polar surface area (TPSA) is 26.3 Å². The molecule has 2 heteroatoms. The Bertz CT molecular complexity index is 4940. The molecule has 0 bridgehead atoms. The Kier molecular flexibility index (Phi) is 10.1. The van der Waals surface area contributed by atoms with Crippen molar-refractivity contribution in [2.75, 3.05) is 0 Å². The number of furan rings is 2. The summed E-state index contributed by atoms with van der Waals surface area (Å²) in [5.41, 5.74) is 20.8. The van der Waals surface area contributed by atoms with Crippen LogP contribution in [0.25, 0.3) is 110 Å². The first-order valence-corrected chi connectivity index (χ1v) is 27.6. The lowest BCUT2D eigenvalue weighted by Crippen LogP contribution is -2.16. The maximum absolute atomic E-state index is 6.74. The molecule has 0 saturated carbocycles. The highest BCUT2D eigenvalue weighted by atomic mass is 16.3. The van der Waals surface area contributed by atoms with Crippen molar-refractivity contribution in [1.29, 1.82) is 0 Å². The van der Waals surface area contributed by atoms with Crippen LogP contribution in [0.1, 0.15) is 70.2 Å². The highest BCUT2D eigenvalue weighted by Gasteiger charge is 2.40. The van der Waals surface area contributed by atoms with Gasteiger partial charge in [0.15, 0.2) is 0 Å². The Morgan fingerprint density at radius 3 is 1.33 bits per heavy atom. The first-order valence-electron chi connectivity index (χ1n) is 27.6. The number of para-hydroxylation sites is 4. The molecule has 0 saturated heterocycles. The van der Waals surface area contributed by atoms with E-state index in [0.29, 0.717) is 0 Å². The summed E-state index contributed by atoms with van der Waals surface area (Å²) in [7, 11) is 0. The van der Waals surface area contributed by atoms with Gasteiger partial charge in [0.2, 0.25) is 0 Å². The zero-order valence-electron chi connectivity index (χ0n) is 43.9. The smallest absolute Gasteiger partial charge is 0.139 e. The van der Waals surface area contributed by atoms with Crippen LogP contribution in [-0.2, 0) is 5.41 Å². The fraction of sp³-hybridized carbons (Fsp3) is 0.0649. The monoisotopic (exact) mass is 1010 g/mol. The van der Waals surface area contributed by atoms with E-state index in [1.54, 1.807) is 0 Å². The minimum absolute atomic E-state index is 0.0423. The predicted molar refractivity (Wildman–Crippen MR) is 330 cm³/mol. The SMILES string of the molecule is CC1(C)c2c(cc(-c3cccc(C(c4ccccc4)c4cccc5c4oc4ccccc45)c3)c3ccccc23)-c2c1c1ccc(-c3cccc(C(c4ccccc4)c4cccc5c4oc4ccccc45)c3)cc1c1ccccc21. The third kappa shape index (κ3) is 6.97. The molecule has 0 amide bonds. The Hall–Kier alpha value is -9.76. The minimum atomic E-state index is -0.307. The lowest BCUT2D eigenvalue weighted by molar-refractivity contribution is 0.660. The molecule has 0 aliphatic heterocycles. The third-order valence-electron chi connectivity index (χ3n) is 17.4. The van der Waals surface area contributed by atoms with Crippen molar-refractivity contribution in [2.45, 2.75) is 31.1 Å². The highest BCUT2D eigenvalue weighted by molar-refractivity contribution is 6.21. The van der Waals surface area contributed by atoms with Crippen molar-refractivity contribution in [1.82, 2.24) is 0 Å². The van der Waals surface area contributed by atoms with E-state index < -0.39 is 0 Å². The summed E-state index contributed by atoms with van der Waals surface area (Å²) in [6.07, 6.45) is 0. The van der Waals surface area contributed by atoms with E-state index in [-0.39, 0.29) is 17.3 Å². The molecule has 15 aromatic rings. The molecule has 2 nitrogen and oxygen atoms in total. The molecule has 2 aromatic heterocycles. The number of fused-ring (bicyclic) bond motifs is 16. The fourth-order valence-corrected chi connectivity index (χ4v) is 14.1. The van der Waals surface area contributed by atoms with Gasteiger partial charge in [0.05, 0.1) is 0 Å². The van der Waals surface area contributed by atoms with E-state index in [1.807, 2.05) is 0 Å². The second-order valence-corrected chi connectivity index (χ2v) is 22.2. The largest absolute Gasteiger partial charge is 0.456 e. The van der Waals surface area contributed by atoms with E-state index >= 15 is 0 Å². The Morgan fingerprint density at radius 2 is 0.722 bits per heavy atom.